The van der Waals surface area contributed by atoms with Crippen LogP contribution in [0, 0.1) is 28.8 Å². The predicted octanol–water partition coefficient (Wildman–Crippen LogP) is 3.48. The van der Waals surface area contributed by atoms with Gasteiger partial charge in [0.05, 0.1) is 23.0 Å². The van der Waals surface area contributed by atoms with Crippen LogP contribution >= 0.6 is 11.8 Å². The summed E-state index contributed by atoms with van der Waals surface area (Å²) in [6.07, 6.45) is 3.79. The number of anilines is 1. The highest BCUT2D eigenvalue weighted by atomic mass is 32.2. The third-order valence-corrected chi connectivity index (χ3v) is 5.88. The van der Waals surface area contributed by atoms with Gasteiger partial charge >= 0.3 is 0 Å². The van der Waals surface area contributed by atoms with Gasteiger partial charge in [-0.05, 0) is 56.4 Å². The van der Waals surface area contributed by atoms with Gasteiger partial charge in [-0.25, -0.2) is 18.2 Å². The predicted molar refractivity (Wildman–Crippen MR) is 109 cm³/mol. The summed E-state index contributed by atoms with van der Waals surface area (Å²) < 4.78 is 39.8. The Morgan fingerprint density at radius 3 is 2.71 bits per heavy atom. The topological polar surface area (TPSA) is 94.9 Å². The van der Waals surface area contributed by atoms with E-state index in [1.807, 2.05) is 6.07 Å². The Labute approximate surface area is 181 Å². The van der Waals surface area contributed by atoms with Gasteiger partial charge in [-0.1, -0.05) is 11.8 Å². The monoisotopic (exact) mass is 448 g/mol. The van der Waals surface area contributed by atoms with E-state index in [4.69, 9.17) is 0 Å². The Morgan fingerprint density at radius 1 is 1.23 bits per heavy atom. The lowest BCUT2D eigenvalue weighted by molar-refractivity contribution is -0.123. The molecule has 3 rings (SSSR count). The molecule has 162 valence electrons. The zero-order valence-corrected chi connectivity index (χ0v) is 17.4. The molecule has 0 spiro atoms. The first kappa shape index (κ1) is 22.6. The number of nitrogens with zero attached hydrogens (tertiary/aromatic N) is 2. The van der Waals surface area contributed by atoms with E-state index >= 15 is 0 Å². The van der Waals surface area contributed by atoms with E-state index in [0.29, 0.717) is 16.7 Å². The molecule has 0 radical (unpaired) electrons. The number of carbonyl (C=O) groups is 2. The molecule has 1 aromatic heterocycles. The zero-order chi connectivity index (χ0) is 22.5. The van der Waals surface area contributed by atoms with Crippen molar-refractivity contribution < 1.29 is 22.8 Å². The molecule has 2 aromatic rings. The van der Waals surface area contributed by atoms with Gasteiger partial charge in [0.2, 0.25) is 11.8 Å². The maximum atomic E-state index is 13.6. The van der Waals surface area contributed by atoms with Crippen molar-refractivity contribution in [1.29, 1.82) is 5.26 Å². The van der Waals surface area contributed by atoms with Crippen LogP contribution in [0.2, 0.25) is 0 Å². The molecule has 0 fully saturated rings. The maximum absolute atomic E-state index is 13.6. The number of hydrogen-bond acceptors (Lipinski definition) is 5. The fourth-order valence-corrected chi connectivity index (χ4v) is 4.05. The third kappa shape index (κ3) is 5.35. The van der Waals surface area contributed by atoms with E-state index in [0.717, 1.165) is 54.8 Å². The highest BCUT2D eigenvalue weighted by Crippen LogP contribution is 2.29. The fraction of sp³-hybridized carbons (Fsp3) is 0.333. The van der Waals surface area contributed by atoms with Crippen LogP contribution < -0.4 is 10.6 Å². The van der Waals surface area contributed by atoms with Gasteiger partial charge in [-0.2, -0.15) is 5.26 Å². The number of pyridine rings is 1. The van der Waals surface area contributed by atoms with Crippen LogP contribution in [-0.2, 0) is 22.4 Å². The number of benzene rings is 1. The van der Waals surface area contributed by atoms with E-state index in [1.54, 1.807) is 6.92 Å². The molecule has 1 heterocycles. The van der Waals surface area contributed by atoms with Gasteiger partial charge in [0, 0.05) is 5.69 Å². The Morgan fingerprint density at radius 2 is 1.97 bits per heavy atom. The molecule has 31 heavy (non-hydrogen) atoms. The Balaban J connectivity index is 1.58. The second-order valence-electron chi connectivity index (χ2n) is 7.01. The first-order valence-corrected chi connectivity index (χ1v) is 10.5. The van der Waals surface area contributed by atoms with E-state index in [9.17, 15) is 28.0 Å². The summed E-state index contributed by atoms with van der Waals surface area (Å²) in [5, 5.41) is 13.7. The summed E-state index contributed by atoms with van der Waals surface area (Å²) in [5.41, 5.74) is 1.87. The van der Waals surface area contributed by atoms with Crippen LogP contribution in [0.4, 0.5) is 18.9 Å². The Hall–Kier alpha value is -3.06. The summed E-state index contributed by atoms with van der Waals surface area (Å²) in [7, 11) is 0. The highest BCUT2D eigenvalue weighted by Gasteiger charge is 2.21. The summed E-state index contributed by atoms with van der Waals surface area (Å²) >= 11 is 1.11. The molecule has 1 aliphatic carbocycles. The Bertz CT molecular complexity index is 1070. The van der Waals surface area contributed by atoms with Gasteiger partial charge in [-0.15, -0.1) is 0 Å². The van der Waals surface area contributed by atoms with Crippen LogP contribution in [-0.4, -0.2) is 28.6 Å². The first-order chi connectivity index (χ1) is 14.8. The summed E-state index contributed by atoms with van der Waals surface area (Å²) in [6, 6.07) is 5.50. The number of thioether (sulfide) groups is 1. The number of fused-ring (bicyclic) bond motifs is 1. The van der Waals surface area contributed by atoms with Crippen molar-refractivity contribution in [2.45, 2.75) is 42.9 Å². The van der Waals surface area contributed by atoms with Crippen molar-refractivity contribution in [3.8, 4) is 6.07 Å². The Kier molecular flexibility index (Phi) is 7.17. The maximum Gasteiger partial charge on any atom is 0.243 e. The van der Waals surface area contributed by atoms with Crippen LogP contribution in [0.1, 0.15) is 36.6 Å². The van der Waals surface area contributed by atoms with Gasteiger partial charge in [0.1, 0.15) is 11.1 Å². The van der Waals surface area contributed by atoms with Crippen molar-refractivity contribution in [2.75, 3.05) is 11.9 Å². The van der Waals surface area contributed by atoms with Crippen molar-refractivity contribution in [1.82, 2.24) is 10.3 Å². The van der Waals surface area contributed by atoms with Gasteiger partial charge in [-0.3, -0.25) is 9.59 Å². The molecule has 2 amide bonds. The molecule has 0 saturated heterocycles. The molecule has 0 saturated carbocycles. The van der Waals surface area contributed by atoms with Gasteiger partial charge in [0.15, 0.2) is 17.5 Å². The van der Waals surface area contributed by atoms with Crippen LogP contribution in [0.3, 0.4) is 0 Å². The second kappa shape index (κ2) is 9.83. The largest absolute Gasteiger partial charge is 0.346 e. The van der Waals surface area contributed by atoms with Crippen LogP contribution in [0.5, 0.6) is 0 Å². The molecule has 2 N–H and O–H groups in total. The SMILES string of the molecule is CC(Sc1nc2c(cc1C#N)CCCC2)C(=O)NCC(=O)Nc1ccc(F)c(F)c1F. The van der Waals surface area contributed by atoms with E-state index in [2.05, 4.69) is 21.7 Å². The number of amides is 2. The van der Waals surface area contributed by atoms with Crippen molar-refractivity contribution in [3.05, 3.63) is 52.5 Å². The minimum absolute atomic E-state index is 0.400. The molecule has 1 atom stereocenters. The average molecular weight is 448 g/mol. The smallest absolute Gasteiger partial charge is 0.243 e. The number of carbonyl (C=O) groups excluding carboxylic acids is 2. The summed E-state index contributed by atoms with van der Waals surface area (Å²) in [5.74, 6) is -5.89. The standard InChI is InChI=1S/C21H19F3N4O2S/c1-11(31-21-13(9-25)8-12-4-2-3-5-15(12)28-21)20(30)26-10-17(29)27-16-7-6-14(22)18(23)19(16)24/h6-8,11H,2-5,10H2,1H3,(H,26,30)(H,27,29). The van der Waals surface area contributed by atoms with E-state index in [1.165, 1.54) is 0 Å². The number of rotatable bonds is 6. The van der Waals surface area contributed by atoms with Crippen LogP contribution in [0.15, 0.2) is 23.2 Å². The lowest BCUT2D eigenvalue weighted by Crippen LogP contribution is -2.37. The fourth-order valence-electron chi connectivity index (χ4n) is 3.13. The average Bonchev–Trinajstić information content (AvgIpc) is 2.77. The molecule has 1 aromatic carbocycles. The molecule has 6 nitrogen and oxygen atoms in total. The number of hydrogen-bond donors (Lipinski definition) is 2. The van der Waals surface area contributed by atoms with Crippen molar-refractivity contribution in [2.24, 2.45) is 0 Å². The van der Waals surface area contributed by atoms with Crippen molar-refractivity contribution in [3.63, 3.8) is 0 Å². The zero-order valence-electron chi connectivity index (χ0n) is 16.6. The molecular formula is C21H19F3N4O2S. The molecule has 1 aliphatic rings. The molecule has 0 bridgehead atoms. The minimum Gasteiger partial charge on any atom is -0.346 e. The molecule has 0 aliphatic heterocycles. The van der Waals surface area contributed by atoms with Gasteiger partial charge in [0.25, 0.3) is 0 Å². The molecular weight excluding hydrogens is 429 g/mol. The number of nitriles is 1. The second-order valence-corrected chi connectivity index (χ2v) is 8.34. The van der Waals surface area contributed by atoms with E-state index < -0.39 is 46.7 Å². The third-order valence-electron chi connectivity index (χ3n) is 4.78. The number of aromatic nitrogens is 1. The number of nitrogens with one attached hydrogen (secondary N) is 2. The quantitative estimate of drug-likeness (QED) is 0.521. The highest BCUT2D eigenvalue weighted by molar-refractivity contribution is 8.00. The van der Waals surface area contributed by atoms with E-state index in [-0.39, 0.29) is 0 Å². The van der Waals surface area contributed by atoms with Crippen molar-refractivity contribution >= 4 is 29.3 Å². The summed E-state index contributed by atoms with van der Waals surface area (Å²) in [6.45, 7) is 1.11. The van der Waals surface area contributed by atoms with Crippen LogP contribution in [0.25, 0.3) is 0 Å². The molecule has 1 unspecified atom stereocenters. The number of halogens is 3. The summed E-state index contributed by atoms with van der Waals surface area (Å²) in [4.78, 5) is 28.8. The lowest BCUT2D eigenvalue weighted by Gasteiger charge is -2.18. The molecule has 10 heteroatoms. The first-order valence-electron chi connectivity index (χ1n) is 9.60. The van der Waals surface area contributed by atoms with Gasteiger partial charge < -0.3 is 10.6 Å². The number of aryl methyl sites for hydroxylation is 2. The normalized spacial score (nSPS) is 13.6. The minimum atomic E-state index is -1.70. The lowest BCUT2D eigenvalue weighted by atomic mass is 9.95.